The van der Waals surface area contributed by atoms with Crippen LogP contribution in [0.3, 0.4) is 0 Å². The first kappa shape index (κ1) is 27.4. The molecule has 1 N–H and O–H groups in total. The highest BCUT2D eigenvalue weighted by molar-refractivity contribution is 7.99. The van der Waals surface area contributed by atoms with Crippen molar-refractivity contribution in [1.29, 1.82) is 0 Å². The minimum Gasteiger partial charge on any atom is -0.465 e. The first-order valence-corrected chi connectivity index (χ1v) is 15.9. The maximum Gasteiger partial charge on any atom is 0.341 e. The minimum atomic E-state index is -0.433. The second-order valence-corrected chi connectivity index (χ2v) is 12.9. The predicted molar refractivity (Wildman–Crippen MR) is 167 cm³/mol. The molecular weight excluding hydrogens is 575 g/mol. The van der Waals surface area contributed by atoms with E-state index in [2.05, 4.69) is 12.2 Å². The van der Waals surface area contributed by atoms with Crippen LogP contribution in [0.15, 0.2) is 76.0 Å². The molecule has 0 fully saturated rings. The normalized spacial score (nSPS) is 14.5. The number of thiophene rings is 2. The summed E-state index contributed by atoms with van der Waals surface area (Å²) in [4.78, 5) is 46.5. The fraction of sp³-hybridized carbons (Fsp3) is 0.226. The summed E-state index contributed by atoms with van der Waals surface area (Å²) in [5, 5.41) is 6.42. The molecule has 0 unspecified atom stereocenters. The van der Waals surface area contributed by atoms with Crippen LogP contribution in [0.2, 0.25) is 0 Å². The molecule has 2 aromatic carbocycles. The van der Waals surface area contributed by atoms with Gasteiger partial charge in [-0.3, -0.25) is 14.2 Å². The lowest BCUT2D eigenvalue weighted by molar-refractivity contribution is -0.113. The number of benzene rings is 2. The van der Waals surface area contributed by atoms with Gasteiger partial charge in [0.25, 0.3) is 5.56 Å². The van der Waals surface area contributed by atoms with Gasteiger partial charge in [0, 0.05) is 15.8 Å². The molecule has 1 amide bonds. The van der Waals surface area contributed by atoms with E-state index in [9.17, 15) is 14.4 Å². The Morgan fingerprint density at radius 2 is 1.85 bits per heavy atom. The molecule has 0 aliphatic heterocycles. The van der Waals surface area contributed by atoms with E-state index in [4.69, 9.17) is 9.72 Å². The second-order valence-electron chi connectivity index (χ2n) is 9.95. The van der Waals surface area contributed by atoms with E-state index >= 15 is 0 Å². The zero-order chi connectivity index (χ0) is 28.5. The molecule has 3 aromatic heterocycles. The van der Waals surface area contributed by atoms with Gasteiger partial charge >= 0.3 is 5.97 Å². The number of esters is 1. The van der Waals surface area contributed by atoms with Gasteiger partial charge in [-0.1, -0.05) is 67.2 Å². The number of amides is 1. The average Bonchev–Trinajstić information content (AvgIpc) is 3.57. The number of hydrogen-bond acceptors (Lipinski definition) is 8. The summed E-state index contributed by atoms with van der Waals surface area (Å²) < 4.78 is 6.63. The van der Waals surface area contributed by atoms with E-state index in [1.807, 2.05) is 66.0 Å². The Bertz CT molecular complexity index is 1810. The number of hydrogen-bond donors (Lipinski definition) is 1. The summed E-state index contributed by atoms with van der Waals surface area (Å²) in [6.45, 7) is 2.20. The summed E-state index contributed by atoms with van der Waals surface area (Å²) in [7, 11) is 1.36. The van der Waals surface area contributed by atoms with Crippen molar-refractivity contribution in [3.8, 4) is 16.8 Å². The molecule has 1 aliphatic carbocycles. The van der Waals surface area contributed by atoms with Crippen molar-refractivity contribution >= 4 is 61.5 Å². The maximum atomic E-state index is 14.0. The van der Waals surface area contributed by atoms with E-state index < -0.39 is 5.97 Å². The van der Waals surface area contributed by atoms with Crippen LogP contribution in [0.4, 0.5) is 5.00 Å². The smallest absolute Gasteiger partial charge is 0.341 e. The fourth-order valence-corrected chi connectivity index (χ4v) is 8.37. The lowest BCUT2D eigenvalue weighted by Crippen LogP contribution is -2.23. The van der Waals surface area contributed by atoms with E-state index in [-0.39, 0.29) is 17.2 Å². The Labute approximate surface area is 249 Å². The average molecular weight is 602 g/mol. The highest BCUT2D eigenvalue weighted by atomic mass is 32.2. The quantitative estimate of drug-likeness (QED) is 0.125. The molecular formula is C31H27N3O4S3. The van der Waals surface area contributed by atoms with Gasteiger partial charge in [-0.25, -0.2) is 9.78 Å². The molecule has 1 aliphatic rings. The Balaban J connectivity index is 1.33. The number of methoxy groups -OCH3 is 1. The third-order valence-corrected chi connectivity index (χ3v) is 10.1. The van der Waals surface area contributed by atoms with Gasteiger partial charge in [0.1, 0.15) is 9.83 Å². The van der Waals surface area contributed by atoms with Crippen molar-refractivity contribution < 1.29 is 14.3 Å². The Morgan fingerprint density at radius 3 is 2.59 bits per heavy atom. The van der Waals surface area contributed by atoms with Crippen LogP contribution < -0.4 is 10.9 Å². The van der Waals surface area contributed by atoms with Crippen LogP contribution in [-0.2, 0) is 22.4 Å². The zero-order valence-electron chi connectivity index (χ0n) is 22.5. The number of thioether (sulfide) groups is 1. The Hall–Kier alpha value is -3.73. The topological polar surface area (TPSA) is 90.3 Å². The second kappa shape index (κ2) is 11.6. The molecule has 10 heteroatoms. The maximum absolute atomic E-state index is 14.0. The lowest BCUT2D eigenvalue weighted by Gasteiger charge is -2.18. The van der Waals surface area contributed by atoms with E-state index in [0.717, 1.165) is 40.8 Å². The number of nitrogens with zero attached hydrogens (tertiary/aromatic N) is 2. The molecule has 41 heavy (non-hydrogen) atoms. The number of ether oxygens (including phenoxy) is 1. The molecule has 0 saturated carbocycles. The largest absolute Gasteiger partial charge is 0.465 e. The number of carbonyl (C=O) groups excluding carboxylic acids is 2. The number of nitrogens with one attached hydrogen (secondary N) is 1. The first-order valence-electron chi connectivity index (χ1n) is 13.2. The van der Waals surface area contributed by atoms with Crippen molar-refractivity contribution in [3.05, 3.63) is 92.4 Å². The van der Waals surface area contributed by atoms with Crippen LogP contribution in [0.5, 0.6) is 0 Å². The first-order chi connectivity index (χ1) is 19.9. The predicted octanol–water partition coefficient (Wildman–Crippen LogP) is 6.82. The molecule has 208 valence electrons. The third-order valence-electron chi connectivity index (χ3n) is 7.16. The molecule has 0 radical (unpaired) electrons. The van der Waals surface area contributed by atoms with Crippen molar-refractivity contribution in [1.82, 2.24) is 9.55 Å². The van der Waals surface area contributed by atoms with E-state index in [1.54, 1.807) is 4.57 Å². The molecule has 0 saturated heterocycles. The lowest BCUT2D eigenvalue weighted by atomic mass is 9.88. The van der Waals surface area contributed by atoms with Crippen LogP contribution in [0.1, 0.15) is 34.1 Å². The summed E-state index contributed by atoms with van der Waals surface area (Å²) in [6, 6.07) is 19.1. The molecule has 5 aromatic rings. The van der Waals surface area contributed by atoms with Crippen LogP contribution in [0.25, 0.3) is 27.0 Å². The zero-order valence-corrected chi connectivity index (χ0v) is 25.0. The number of fused-ring (bicyclic) bond motifs is 2. The highest BCUT2D eigenvalue weighted by Crippen LogP contribution is 2.40. The fourth-order valence-electron chi connectivity index (χ4n) is 5.15. The van der Waals surface area contributed by atoms with Crippen molar-refractivity contribution in [2.45, 2.75) is 31.3 Å². The monoisotopic (exact) mass is 601 g/mol. The van der Waals surface area contributed by atoms with Gasteiger partial charge in [-0.05, 0) is 48.4 Å². The van der Waals surface area contributed by atoms with Crippen LogP contribution in [-0.4, -0.2) is 34.3 Å². The number of carbonyl (C=O) groups is 2. The van der Waals surface area contributed by atoms with Gasteiger partial charge in [-0.2, -0.15) is 0 Å². The van der Waals surface area contributed by atoms with Gasteiger partial charge in [0.15, 0.2) is 5.16 Å². The highest BCUT2D eigenvalue weighted by Gasteiger charge is 2.29. The Morgan fingerprint density at radius 1 is 1.12 bits per heavy atom. The van der Waals surface area contributed by atoms with Crippen LogP contribution in [0, 0.1) is 5.92 Å². The number of rotatable bonds is 7. The number of anilines is 1. The molecule has 6 rings (SSSR count). The third kappa shape index (κ3) is 5.35. The SMILES string of the molecule is COC(=O)c1c(NC(=O)CSc2nc3scc(-c4ccccc4)c3c(=O)n2-c2ccccc2)sc2c1CC[C@@H](C)C2. The standard InChI is InChI=1S/C31H27N3O4S3/c1-18-13-14-21-23(15-18)41-28(26(21)30(37)38-2)32-24(35)17-40-31-33-27-25(22(16-39-27)19-9-5-3-6-10-19)29(36)34(31)20-11-7-4-8-12-20/h3-12,16,18H,13-15,17H2,1-2H3,(H,32,35)/t18-/m1/s1. The number of aromatic nitrogens is 2. The van der Waals surface area contributed by atoms with Gasteiger partial charge in [0.05, 0.1) is 29.5 Å². The van der Waals surface area contributed by atoms with Gasteiger partial charge in [-0.15, -0.1) is 22.7 Å². The summed E-state index contributed by atoms with van der Waals surface area (Å²) in [6.07, 6.45) is 2.67. The summed E-state index contributed by atoms with van der Waals surface area (Å²) in [5.41, 5.74) is 3.73. The minimum absolute atomic E-state index is 0.0152. The van der Waals surface area contributed by atoms with Crippen molar-refractivity contribution in [2.75, 3.05) is 18.2 Å². The van der Waals surface area contributed by atoms with Crippen molar-refractivity contribution in [2.24, 2.45) is 5.92 Å². The van der Waals surface area contributed by atoms with E-state index in [0.29, 0.717) is 37.5 Å². The molecule has 0 bridgehead atoms. The number of para-hydroxylation sites is 1. The molecule has 1 atom stereocenters. The van der Waals surface area contributed by atoms with Gasteiger partial charge < -0.3 is 10.1 Å². The molecule has 7 nitrogen and oxygen atoms in total. The van der Waals surface area contributed by atoms with Gasteiger partial charge in [0.2, 0.25) is 5.91 Å². The van der Waals surface area contributed by atoms with Crippen molar-refractivity contribution in [3.63, 3.8) is 0 Å². The Kier molecular flexibility index (Phi) is 7.79. The summed E-state index contributed by atoms with van der Waals surface area (Å²) in [5.74, 6) is -0.170. The van der Waals surface area contributed by atoms with E-state index in [1.165, 1.54) is 41.5 Å². The van der Waals surface area contributed by atoms with Crippen LogP contribution >= 0.6 is 34.4 Å². The molecule has 3 heterocycles. The summed E-state index contributed by atoms with van der Waals surface area (Å²) >= 11 is 4.06. The molecule has 0 spiro atoms.